The van der Waals surface area contributed by atoms with Gasteiger partial charge in [-0.05, 0) is 25.7 Å². The first-order valence-corrected chi connectivity index (χ1v) is 8.99. The molecule has 22 heavy (non-hydrogen) atoms. The molecule has 1 saturated carbocycles. The molecular weight excluding hydrogens is 298 g/mol. The molecule has 0 radical (unpaired) electrons. The Hall–Kier alpha value is -1.43. The van der Waals surface area contributed by atoms with Crippen LogP contribution >= 0.6 is 11.3 Å². The molecule has 1 atom stereocenters. The summed E-state index contributed by atoms with van der Waals surface area (Å²) < 4.78 is 0. The molecule has 2 heterocycles. The maximum absolute atomic E-state index is 11.8. The van der Waals surface area contributed by atoms with Crippen molar-refractivity contribution in [3.05, 3.63) is 16.1 Å². The number of nitrogens with one attached hydrogen (secondary N) is 1. The van der Waals surface area contributed by atoms with E-state index in [2.05, 4.69) is 10.3 Å². The zero-order valence-corrected chi connectivity index (χ0v) is 13.8. The van der Waals surface area contributed by atoms with Crippen molar-refractivity contribution in [1.29, 1.82) is 0 Å². The van der Waals surface area contributed by atoms with E-state index in [-0.39, 0.29) is 17.7 Å². The van der Waals surface area contributed by atoms with Gasteiger partial charge in [-0.25, -0.2) is 4.98 Å². The second-order valence-corrected chi connectivity index (χ2v) is 7.22. The van der Waals surface area contributed by atoms with Crippen LogP contribution in [0.1, 0.15) is 55.6 Å². The van der Waals surface area contributed by atoms with Crippen LogP contribution in [0.25, 0.3) is 0 Å². The quantitative estimate of drug-likeness (QED) is 0.925. The lowest BCUT2D eigenvalue weighted by Crippen LogP contribution is -2.37. The Labute approximate surface area is 135 Å². The summed E-state index contributed by atoms with van der Waals surface area (Å²) in [6.45, 7) is 3.79. The Morgan fingerprint density at radius 3 is 2.86 bits per heavy atom. The third kappa shape index (κ3) is 3.48. The van der Waals surface area contributed by atoms with Gasteiger partial charge in [-0.1, -0.05) is 6.42 Å². The Morgan fingerprint density at radius 2 is 2.18 bits per heavy atom. The number of thiazole rings is 1. The zero-order chi connectivity index (χ0) is 15.5. The van der Waals surface area contributed by atoms with E-state index in [1.54, 1.807) is 18.3 Å². The lowest BCUT2D eigenvalue weighted by atomic mass is 9.85. The number of aromatic nitrogens is 1. The molecule has 3 rings (SSSR count). The van der Waals surface area contributed by atoms with Gasteiger partial charge in [0.2, 0.25) is 11.8 Å². The predicted molar refractivity (Wildman–Crippen MR) is 85.5 cm³/mol. The molecule has 1 aromatic rings. The third-order valence-electron chi connectivity index (χ3n) is 4.71. The molecule has 2 fully saturated rings. The van der Waals surface area contributed by atoms with E-state index in [1.807, 2.05) is 10.3 Å². The maximum Gasteiger partial charge on any atom is 0.223 e. The third-order valence-corrected chi connectivity index (χ3v) is 5.76. The van der Waals surface area contributed by atoms with E-state index in [0.29, 0.717) is 12.5 Å². The number of rotatable bonds is 4. The molecule has 1 aliphatic carbocycles. The van der Waals surface area contributed by atoms with Crippen molar-refractivity contribution in [2.24, 2.45) is 5.92 Å². The van der Waals surface area contributed by atoms with E-state index < -0.39 is 0 Å². The molecular formula is C16H23N3O2S. The van der Waals surface area contributed by atoms with Crippen LogP contribution in [-0.4, -0.2) is 34.8 Å². The highest BCUT2D eigenvalue weighted by Crippen LogP contribution is 2.29. The van der Waals surface area contributed by atoms with E-state index in [1.165, 1.54) is 6.42 Å². The first-order valence-electron chi connectivity index (χ1n) is 8.11. The van der Waals surface area contributed by atoms with Gasteiger partial charge >= 0.3 is 0 Å². The highest BCUT2D eigenvalue weighted by atomic mass is 32.1. The van der Waals surface area contributed by atoms with Gasteiger partial charge in [-0.3, -0.25) is 9.59 Å². The second-order valence-electron chi connectivity index (χ2n) is 6.33. The number of likely N-dealkylation sites (tertiary alicyclic amines) is 1. The van der Waals surface area contributed by atoms with Gasteiger partial charge in [0, 0.05) is 37.2 Å². The molecule has 1 saturated heterocycles. The Kier molecular flexibility index (Phi) is 4.76. The summed E-state index contributed by atoms with van der Waals surface area (Å²) in [5, 5.41) is 6.11. The molecule has 6 heteroatoms. The van der Waals surface area contributed by atoms with Crippen molar-refractivity contribution in [1.82, 2.24) is 15.2 Å². The van der Waals surface area contributed by atoms with Crippen LogP contribution in [0.15, 0.2) is 5.38 Å². The van der Waals surface area contributed by atoms with Crippen molar-refractivity contribution in [3.8, 4) is 0 Å². The Balaban J connectivity index is 1.54. The Morgan fingerprint density at radius 1 is 1.36 bits per heavy atom. The second kappa shape index (κ2) is 6.77. The standard InChI is InChI=1S/C16H23N3O2S/c1-11(20)19-7-3-6-13(9-19)16-18-14(10-22-16)8-17-15(21)12-4-2-5-12/h10,12-13H,2-9H2,1H3,(H,17,21)/t13-/m0/s1. The topological polar surface area (TPSA) is 62.3 Å². The summed E-state index contributed by atoms with van der Waals surface area (Å²) in [6.07, 6.45) is 5.35. The van der Waals surface area contributed by atoms with Crippen molar-refractivity contribution in [2.45, 2.75) is 51.5 Å². The summed E-state index contributed by atoms with van der Waals surface area (Å²) in [5.41, 5.74) is 0.938. The molecule has 5 nitrogen and oxygen atoms in total. The lowest BCUT2D eigenvalue weighted by molar-refractivity contribution is -0.130. The molecule has 1 aromatic heterocycles. The SMILES string of the molecule is CC(=O)N1CCC[C@H](c2nc(CNC(=O)C3CCC3)cs2)C1. The molecule has 2 aliphatic rings. The zero-order valence-electron chi connectivity index (χ0n) is 13.0. The summed E-state index contributed by atoms with van der Waals surface area (Å²) in [7, 11) is 0. The monoisotopic (exact) mass is 321 g/mol. The van der Waals surface area contributed by atoms with Gasteiger partial charge in [-0.15, -0.1) is 11.3 Å². The van der Waals surface area contributed by atoms with E-state index in [9.17, 15) is 9.59 Å². The van der Waals surface area contributed by atoms with Gasteiger partial charge < -0.3 is 10.2 Å². The number of carbonyl (C=O) groups excluding carboxylic acids is 2. The van der Waals surface area contributed by atoms with E-state index >= 15 is 0 Å². The van der Waals surface area contributed by atoms with Crippen LogP contribution in [-0.2, 0) is 16.1 Å². The molecule has 0 bridgehead atoms. The van der Waals surface area contributed by atoms with Crippen molar-refractivity contribution < 1.29 is 9.59 Å². The molecule has 0 spiro atoms. The van der Waals surface area contributed by atoms with Crippen LogP contribution in [0.5, 0.6) is 0 Å². The molecule has 1 N–H and O–H groups in total. The van der Waals surface area contributed by atoms with Crippen molar-refractivity contribution in [2.75, 3.05) is 13.1 Å². The maximum atomic E-state index is 11.8. The fourth-order valence-electron chi connectivity index (χ4n) is 3.05. The van der Waals surface area contributed by atoms with Crippen LogP contribution in [0.3, 0.4) is 0 Å². The molecule has 0 unspecified atom stereocenters. The number of hydrogen-bond donors (Lipinski definition) is 1. The fourth-order valence-corrected chi connectivity index (χ4v) is 4.00. The predicted octanol–water partition coefficient (Wildman–Crippen LogP) is 2.29. The van der Waals surface area contributed by atoms with Crippen LogP contribution in [0.4, 0.5) is 0 Å². The molecule has 0 aromatic carbocycles. The minimum absolute atomic E-state index is 0.147. The summed E-state index contributed by atoms with van der Waals surface area (Å²) in [6, 6.07) is 0. The average molecular weight is 321 g/mol. The van der Waals surface area contributed by atoms with Crippen molar-refractivity contribution >= 4 is 23.2 Å². The van der Waals surface area contributed by atoms with Gasteiger partial charge in [0.05, 0.1) is 17.2 Å². The van der Waals surface area contributed by atoms with Crippen LogP contribution < -0.4 is 5.32 Å². The van der Waals surface area contributed by atoms with Gasteiger partial charge in [0.25, 0.3) is 0 Å². The fraction of sp³-hybridized carbons (Fsp3) is 0.688. The molecule has 1 aliphatic heterocycles. The number of hydrogen-bond acceptors (Lipinski definition) is 4. The molecule has 120 valence electrons. The first kappa shape index (κ1) is 15.5. The van der Waals surface area contributed by atoms with Crippen LogP contribution in [0.2, 0.25) is 0 Å². The number of piperidine rings is 1. The highest BCUT2D eigenvalue weighted by Gasteiger charge is 2.26. The minimum Gasteiger partial charge on any atom is -0.350 e. The minimum atomic E-state index is 0.147. The number of nitrogens with zero attached hydrogens (tertiary/aromatic N) is 2. The first-order chi connectivity index (χ1) is 10.6. The lowest BCUT2D eigenvalue weighted by Gasteiger charge is -2.30. The number of amides is 2. The van der Waals surface area contributed by atoms with Crippen LogP contribution in [0, 0.1) is 5.92 Å². The average Bonchev–Trinajstić information content (AvgIpc) is 2.92. The van der Waals surface area contributed by atoms with Crippen molar-refractivity contribution in [3.63, 3.8) is 0 Å². The van der Waals surface area contributed by atoms with E-state index in [4.69, 9.17) is 0 Å². The summed E-state index contributed by atoms with van der Waals surface area (Å²) in [4.78, 5) is 29.9. The highest BCUT2D eigenvalue weighted by molar-refractivity contribution is 7.09. The van der Waals surface area contributed by atoms with Gasteiger partial charge in [0.15, 0.2) is 0 Å². The smallest absolute Gasteiger partial charge is 0.223 e. The number of carbonyl (C=O) groups is 2. The largest absolute Gasteiger partial charge is 0.350 e. The van der Waals surface area contributed by atoms with Gasteiger partial charge in [-0.2, -0.15) is 0 Å². The summed E-state index contributed by atoms with van der Waals surface area (Å²) >= 11 is 1.65. The van der Waals surface area contributed by atoms with Gasteiger partial charge in [0.1, 0.15) is 0 Å². The van der Waals surface area contributed by atoms with E-state index in [0.717, 1.165) is 49.5 Å². The Bertz CT molecular complexity index is 553. The normalized spacial score (nSPS) is 22.2. The molecule has 2 amide bonds. The summed E-state index contributed by atoms with van der Waals surface area (Å²) in [5.74, 6) is 0.884.